The van der Waals surface area contributed by atoms with Gasteiger partial charge in [-0.15, -0.1) is 6.58 Å². The van der Waals surface area contributed by atoms with Gasteiger partial charge in [0.2, 0.25) is 0 Å². The van der Waals surface area contributed by atoms with Crippen molar-refractivity contribution in [2.24, 2.45) is 0 Å². The Morgan fingerprint density at radius 2 is 2.13 bits per heavy atom. The van der Waals surface area contributed by atoms with Crippen LogP contribution in [0.1, 0.15) is 18.1 Å². The van der Waals surface area contributed by atoms with Gasteiger partial charge < -0.3 is 14.8 Å². The molecule has 0 aliphatic carbocycles. The number of carbonyl (C=O) groups excluding carboxylic acids is 1. The van der Waals surface area contributed by atoms with Crippen LogP contribution in [0, 0.1) is 21.4 Å². The van der Waals surface area contributed by atoms with Crippen LogP contribution in [-0.2, 0) is 11.2 Å². The minimum atomic E-state index is -0.684. The first-order valence-corrected chi connectivity index (χ1v) is 9.05. The van der Waals surface area contributed by atoms with E-state index in [2.05, 4.69) is 11.9 Å². The Morgan fingerprint density at radius 3 is 2.73 bits per heavy atom. The van der Waals surface area contributed by atoms with Crippen molar-refractivity contribution in [3.8, 4) is 17.6 Å². The summed E-state index contributed by atoms with van der Waals surface area (Å²) in [6.07, 6.45) is 3.64. The largest absolute Gasteiger partial charge is 0.493 e. The van der Waals surface area contributed by atoms with Gasteiger partial charge in [-0.1, -0.05) is 12.1 Å². The van der Waals surface area contributed by atoms with Crippen molar-refractivity contribution in [3.63, 3.8) is 0 Å². The Morgan fingerprint density at radius 1 is 1.37 bits per heavy atom. The average molecular weight is 407 g/mol. The van der Waals surface area contributed by atoms with Gasteiger partial charge in [0.25, 0.3) is 11.6 Å². The van der Waals surface area contributed by atoms with Gasteiger partial charge in [0.15, 0.2) is 11.5 Å². The van der Waals surface area contributed by atoms with E-state index >= 15 is 0 Å². The smallest absolute Gasteiger partial charge is 0.271 e. The van der Waals surface area contributed by atoms with Crippen LogP contribution in [-0.4, -0.2) is 24.5 Å². The molecule has 154 valence electrons. The molecule has 2 rings (SSSR count). The molecule has 8 nitrogen and oxygen atoms in total. The number of nitro groups is 1. The zero-order valence-corrected chi connectivity index (χ0v) is 16.7. The monoisotopic (exact) mass is 407 g/mol. The highest BCUT2D eigenvalue weighted by Crippen LogP contribution is 2.34. The summed E-state index contributed by atoms with van der Waals surface area (Å²) in [7, 11) is 1.50. The number of methoxy groups -OCH3 is 1. The second-order valence-corrected chi connectivity index (χ2v) is 6.07. The maximum Gasteiger partial charge on any atom is 0.271 e. The van der Waals surface area contributed by atoms with Gasteiger partial charge in [-0.3, -0.25) is 14.9 Å². The van der Waals surface area contributed by atoms with Crippen molar-refractivity contribution in [3.05, 3.63) is 75.9 Å². The number of hydrogen-bond donors (Lipinski definition) is 1. The number of benzene rings is 2. The molecule has 2 aromatic rings. The molecule has 0 radical (unpaired) electrons. The van der Waals surface area contributed by atoms with Gasteiger partial charge in [-0.05, 0) is 43.2 Å². The van der Waals surface area contributed by atoms with Crippen molar-refractivity contribution in [1.82, 2.24) is 0 Å². The molecule has 0 saturated heterocycles. The number of nitrogens with zero attached hydrogens (tertiary/aromatic N) is 2. The summed E-state index contributed by atoms with van der Waals surface area (Å²) in [5.74, 6) is 0.367. The van der Waals surface area contributed by atoms with Crippen LogP contribution in [0.2, 0.25) is 0 Å². The highest BCUT2D eigenvalue weighted by Gasteiger charge is 2.15. The lowest BCUT2D eigenvalue weighted by Gasteiger charge is -2.15. The van der Waals surface area contributed by atoms with E-state index in [4.69, 9.17) is 9.47 Å². The number of rotatable bonds is 9. The number of carbonyl (C=O) groups is 1. The summed E-state index contributed by atoms with van der Waals surface area (Å²) < 4.78 is 11.1. The van der Waals surface area contributed by atoms with E-state index in [-0.39, 0.29) is 16.9 Å². The standard InChI is InChI=1S/C22H21N3O5/c1-4-7-16-10-15(12-20(29-3)21(16)30-5-2)11-17(14-23)22(26)24-18-8-6-9-19(13-18)25(27)28/h4,6,8-13H,1,5,7H2,2-3H3,(H,24,26)/b17-11+. The van der Waals surface area contributed by atoms with Gasteiger partial charge in [-0.2, -0.15) is 5.26 Å². The molecule has 0 fully saturated rings. The molecule has 0 saturated carbocycles. The van der Waals surface area contributed by atoms with E-state index in [0.29, 0.717) is 30.1 Å². The van der Waals surface area contributed by atoms with Crippen LogP contribution < -0.4 is 14.8 Å². The number of nitro benzene ring substituents is 1. The molecule has 0 unspecified atom stereocenters. The lowest BCUT2D eigenvalue weighted by molar-refractivity contribution is -0.384. The molecule has 0 spiro atoms. The molecular formula is C22H21N3O5. The van der Waals surface area contributed by atoms with Crippen LogP contribution in [0.3, 0.4) is 0 Å². The highest BCUT2D eigenvalue weighted by atomic mass is 16.6. The molecule has 30 heavy (non-hydrogen) atoms. The SMILES string of the molecule is C=CCc1cc(/C=C(\C#N)C(=O)Nc2cccc([N+](=O)[O-])c2)cc(OC)c1OCC. The fraction of sp³-hybridized carbons (Fsp3) is 0.182. The van der Waals surface area contributed by atoms with Gasteiger partial charge in [0, 0.05) is 23.4 Å². The van der Waals surface area contributed by atoms with E-state index in [9.17, 15) is 20.2 Å². The van der Waals surface area contributed by atoms with Crippen LogP contribution in [0.15, 0.2) is 54.6 Å². The van der Waals surface area contributed by atoms with Crippen molar-refractivity contribution >= 4 is 23.4 Å². The zero-order valence-electron chi connectivity index (χ0n) is 16.7. The molecular weight excluding hydrogens is 386 g/mol. The number of non-ortho nitro benzene ring substituents is 1. The van der Waals surface area contributed by atoms with E-state index < -0.39 is 10.8 Å². The number of amides is 1. The predicted octanol–water partition coefficient (Wildman–Crippen LogP) is 4.28. The molecule has 0 aliphatic rings. The Kier molecular flexibility index (Phi) is 7.71. The van der Waals surface area contributed by atoms with Crippen molar-refractivity contribution in [2.75, 3.05) is 19.0 Å². The number of anilines is 1. The van der Waals surface area contributed by atoms with Crippen molar-refractivity contribution in [2.45, 2.75) is 13.3 Å². The number of nitrogens with one attached hydrogen (secondary N) is 1. The summed E-state index contributed by atoms with van der Waals surface area (Å²) in [6.45, 7) is 6.05. The van der Waals surface area contributed by atoms with Crippen LogP contribution in [0.4, 0.5) is 11.4 Å². The van der Waals surface area contributed by atoms with Gasteiger partial charge in [0.05, 0.1) is 18.6 Å². The Bertz CT molecular complexity index is 1040. The summed E-state index contributed by atoms with van der Waals surface area (Å²) in [4.78, 5) is 22.8. The summed E-state index contributed by atoms with van der Waals surface area (Å²) in [6, 6.07) is 10.8. The second kappa shape index (κ2) is 10.4. The second-order valence-electron chi connectivity index (χ2n) is 6.07. The third-order valence-corrected chi connectivity index (χ3v) is 4.02. The van der Waals surface area contributed by atoms with Crippen LogP contribution in [0.5, 0.6) is 11.5 Å². The molecule has 0 aromatic heterocycles. The molecule has 8 heteroatoms. The minimum absolute atomic E-state index is 0.166. The molecule has 0 heterocycles. The molecule has 1 amide bonds. The molecule has 0 atom stereocenters. The van der Waals surface area contributed by atoms with Crippen molar-refractivity contribution < 1.29 is 19.2 Å². The van der Waals surface area contributed by atoms with Gasteiger partial charge >= 0.3 is 0 Å². The average Bonchev–Trinajstić information content (AvgIpc) is 2.73. The third-order valence-electron chi connectivity index (χ3n) is 4.02. The minimum Gasteiger partial charge on any atom is -0.493 e. The fourth-order valence-corrected chi connectivity index (χ4v) is 2.74. The highest BCUT2D eigenvalue weighted by molar-refractivity contribution is 6.09. The first-order valence-electron chi connectivity index (χ1n) is 9.05. The first kappa shape index (κ1) is 22.2. The Labute approximate surface area is 174 Å². The van der Waals surface area contributed by atoms with E-state index in [1.807, 2.05) is 13.0 Å². The number of hydrogen-bond acceptors (Lipinski definition) is 6. The Balaban J connectivity index is 2.39. The number of ether oxygens (including phenoxy) is 2. The van der Waals surface area contributed by atoms with Gasteiger partial charge in [0.1, 0.15) is 11.6 Å². The quantitative estimate of drug-likeness (QED) is 0.218. The van der Waals surface area contributed by atoms with E-state index in [1.54, 1.807) is 18.2 Å². The van der Waals surface area contributed by atoms with E-state index in [1.165, 1.54) is 37.5 Å². The van der Waals surface area contributed by atoms with Crippen molar-refractivity contribution in [1.29, 1.82) is 5.26 Å². The lowest BCUT2D eigenvalue weighted by Crippen LogP contribution is -2.13. The summed E-state index contributed by atoms with van der Waals surface area (Å²) in [5, 5.41) is 22.8. The normalized spacial score (nSPS) is 10.6. The molecule has 0 bridgehead atoms. The molecule has 0 aliphatic heterocycles. The zero-order chi connectivity index (χ0) is 22.1. The van der Waals surface area contributed by atoms with Gasteiger partial charge in [-0.25, -0.2) is 0 Å². The van der Waals surface area contributed by atoms with E-state index in [0.717, 1.165) is 5.56 Å². The Hall–Kier alpha value is -4.12. The first-order chi connectivity index (χ1) is 14.4. The summed E-state index contributed by atoms with van der Waals surface area (Å²) >= 11 is 0. The number of nitriles is 1. The van der Waals surface area contributed by atoms with Crippen LogP contribution >= 0.6 is 0 Å². The fourth-order valence-electron chi connectivity index (χ4n) is 2.74. The summed E-state index contributed by atoms with van der Waals surface area (Å²) in [5.41, 5.74) is 1.25. The molecule has 2 aromatic carbocycles. The topological polar surface area (TPSA) is 114 Å². The lowest BCUT2D eigenvalue weighted by atomic mass is 10.0. The molecule has 1 N–H and O–H groups in total. The van der Waals surface area contributed by atoms with Crippen LogP contribution in [0.25, 0.3) is 6.08 Å². The predicted molar refractivity (Wildman–Crippen MR) is 113 cm³/mol. The maximum absolute atomic E-state index is 12.5. The third kappa shape index (κ3) is 5.45. The number of allylic oxidation sites excluding steroid dienone is 1. The maximum atomic E-state index is 12.5.